The van der Waals surface area contributed by atoms with Gasteiger partial charge < -0.3 is 9.30 Å². The molecule has 1 aromatic heterocycles. The van der Waals surface area contributed by atoms with Gasteiger partial charge in [-0.1, -0.05) is 0 Å². The monoisotopic (exact) mass is 292 g/mol. The van der Waals surface area contributed by atoms with Gasteiger partial charge in [-0.3, -0.25) is 4.21 Å². The molecule has 0 aliphatic carbocycles. The summed E-state index contributed by atoms with van der Waals surface area (Å²) in [6, 6.07) is 0. The molecule has 1 unspecified atom stereocenters. The van der Waals surface area contributed by atoms with Crippen molar-refractivity contribution in [1.29, 1.82) is 0 Å². The van der Waals surface area contributed by atoms with E-state index in [2.05, 4.69) is 4.98 Å². The third kappa shape index (κ3) is 4.55. The summed E-state index contributed by atoms with van der Waals surface area (Å²) in [4.78, 5) is 15.3. The lowest BCUT2D eigenvalue weighted by Crippen LogP contribution is -2.06. The predicted molar refractivity (Wildman–Crippen MR) is 65.4 cm³/mol. The number of halogens is 2. The van der Waals surface area contributed by atoms with Crippen molar-refractivity contribution in [3.05, 3.63) is 24.0 Å². The molecule has 5 nitrogen and oxygen atoms in total. The highest BCUT2D eigenvalue weighted by Gasteiger charge is 2.17. The third-order valence-corrected chi connectivity index (χ3v) is 3.52. The van der Waals surface area contributed by atoms with Crippen molar-refractivity contribution >= 4 is 16.8 Å². The summed E-state index contributed by atoms with van der Waals surface area (Å²) in [6.45, 7) is 1.88. The van der Waals surface area contributed by atoms with Gasteiger partial charge in [0.15, 0.2) is 10.9 Å². The Bertz CT molecular complexity index is 510. The first-order chi connectivity index (χ1) is 8.95. The first-order valence-corrected chi connectivity index (χ1v) is 6.87. The van der Waals surface area contributed by atoms with Crippen molar-refractivity contribution < 1.29 is 22.5 Å². The topological polar surface area (TPSA) is 61.2 Å². The van der Waals surface area contributed by atoms with Crippen molar-refractivity contribution in [1.82, 2.24) is 9.55 Å². The number of nitrogens with zero attached hydrogens (tertiary/aromatic N) is 2. The number of carbonyl (C=O) groups is 1. The standard InChI is InChI=1S/C11H14F2N2O3S/c1-3-18-10(16)8-7-15(2)11(14-8)19(17)6-4-5-9(12)13/h5,7H,3-4,6H2,1-2H3. The Hall–Kier alpha value is -1.57. The van der Waals surface area contributed by atoms with Gasteiger partial charge in [-0.05, 0) is 19.4 Å². The second-order valence-corrected chi connectivity index (χ2v) is 5.04. The van der Waals surface area contributed by atoms with Crippen molar-refractivity contribution in [3.63, 3.8) is 0 Å². The maximum atomic E-state index is 11.8. The minimum Gasteiger partial charge on any atom is -0.461 e. The van der Waals surface area contributed by atoms with Crippen molar-refractivity contribution in [2.45, 2.75) is 18.5 Å². The summed E-state index contributed by atoms with van der Waals surface area (Å²) in [6.07, 6.45) is 0.282. The molecule has 0 fully saturated rings. The summed E-state index contributed by atoms with van der Waals surface area (Å²) in [5.41, 5.74) is 0.0555. The molecule has 0 saturated carbocycles. The highest BCUT2D eigenvalue weighted by molar-refractivity contribution is 7.84. The lowest BCUT2D eigenvalue weighted by molar-refractivity contribution is 0.0519. The van der Waals surface area contributed by atoms with Crippen LogP contribution in [0.15, 0.2) is 23.5 Å². The summed E-state index contributed by atoms with van der Waals surface area (Å²) < 4.78 is 41.7. The molecule has 0 spiro atoms. The van der Waals surface area contributed by atoms with Crippen LogP contribution < -0.4 is 0 Å². The minimum atomic E-state index is -1.80. The average Bonchev–Trinajstić information content (AvgIpc) is 2.71. The molecule has 1 heterocycles. The maximum Gasteiger partial charge on any atom is 0.358 e. The Morgan fingerprint density at radius 2 is 2.26 bits per heavy atom. The first-order valence-electron chi connectivity index (χ1n) is 5.55. The highest BCUT2D eigenvalue weighted by atomic mass is 32.2. The van der Waals surface area contributed by atoms with Crippen LogP contribution in [0, 0.1) is 0 Å². The largest absolute Gasteiger partial charge is 0.461 e. The van der Waals surface area contributed by atoms with Crippen LogP contribution in [-0.4, -0.2) is 32.1 Å². The number of ether oxygens (including phenoxy) is 1. The van der Waals surface area contributed by atoms with Gasteiger partial charge in [-0.25, -0.2) is 9.78 Å². The normalized spacial score (nSPS) is 12.0. The van der Waals surface area contributed by atoms with Crippen LogP contribution in [0.4, 0.5) is 8.78 Å². The molecule has 0 amide bonds. The second-order valence-electron chi connectivity index (χ2n) is 3.57. The molecule has 106 valence electrons. The Kier molecular flexibility index (Phi) is 5.81. The number of carbonyl (C=O) groups excluding carboxylic acids is 1. The van der Waals surface area contributed by atoms with Crippen LogP contribution in [0.3, 0.4) is 0 Å². The summed E-state index contributed by atoms with van der Waals surface area (Å²) in [5, 5.41) is 0.163. The van der Waals surface area contributed by atoms with Gasteiger partial charge in [0.05, 0.1) is 17.4 Å². The fraction of sp³-hybridized carbons (Fsp3) is 0.455. The summed E-state index contributed by atoms with van der Waals surface area (Å²) in [7, 11) is 0.0330. The number of aromatic nitrogens is 2. The molecule has 0 aliphatic heterocycles. The maximum absolute atomic E-state index is 11.8. The van der Waals surface area contributed by atoms with E-state index in [1.165, 1.54) is 10.8 Å². The van der Waals surface area contributed by atoms with Crippen molar-refractivity contribution in [2.75, 3.05) is 12.4 Å². The Labute approximate surface area is 111 Å². The van der Waals surface area contributed by atoms with Crippen LogP contribution in [0.1, 0.15) is 23.8 Å². The van der Waals surface area contributed by atoms with Gasteiger partial charge >= 0.3 is 5.97 Å². The summed E-state index contributed by atoms with van der Waals surface area (Å²) >= 11 is 0. The van der Waals surface area contributed by atoms with Gasteiger partial charge in [-0.2, -0.15) is 8.78 Å². The molecular weight excluding hydrogens is 278 g/mol. The van der Waals surface area contributed by atoms with E-state index in [9.17, 15) is 17.8 Å². The number of imidazole rings is 1. The summed E-state index contributed by atoms with van der Waals surface area (Å²) in [5.74, 6) is -0.583. The fourth-order valence-corrected chi connectivity index (χ4v) is 2.42. The zero-order chi connectivity index (χ0) is 14.4. The van der Waals surface area contributed by atoms with E-state index < -0.39 is 22.8 Å². The molecule has 0 radical (unpaired) electrons. The van der Waals surface area contributed by atoms with E-state index in [0.717, 1.165) is 0 Å². The van der Waals surface area contributed by atoms with Gasteiger partial charge in [0.25, 0.3) is 6.08 Å². The van der Waals surface area contributed by atoms with Gasteiger partial charge in [0.2, 0.25) is 0 Å². The average molecular weight is 292 g/mol. The molecule has 1 rings (SSSR count). The lowest BCUT2D eigenvalue weighted by atomic mass is 10.5. The Balaban J connectivity index is 2.75. The third-order valence-electron chi connectivity index (χ3n) is 2.12. The number of hydrogen-bond donors (Lipinski definition) is 0. The number of aryl methyl sites for hydroxylation is 1. The van der Waals surface area contributed by atoms with E-state index >= 15 is 0 Å². The van der Waals surface area contributed by atoms with Gasteiger partial charge in [0, 0.05) is 19.0 Å². The Morgan fingerprint density at radius 1 is 1.58 bits per heavy atom. The molecular formula is C11H14F2N2O3S. The fourth-order valence-electron chi connectivity index (χ4n) is 1.33. The van der Waals surface area contributed by atoms with Crippen LogP contribution >= 0.6 is 0 Å². The number of allylic oxidation sites excluding steroid dienone is 1. The second kappa shape index (κ2) is 7.13. The molecule has 1 aromatic rings. The molecule has 0 N–H and O–H groups in total. The van der Waals surface area contributed by atoms with Crippen LogP contribution in [0.2, 0.25) is 0 Å². The van der Waals surface area contributed by atoms with E-state index in [1.54, 1.807) is 14.0 Å². The minimum absolute atomic E-state index is 0.0173. The van der Waals surface area contributed by atoms with Crippen molar-refractivity contribution in [3.8, 4) is 0 Å². The van der Waals surface area contributed by atoms with Crippen LogP contribution in [-0.2, 0) is 22.6 Å². The van der Waals surface area contributed by atoms with Crippen LogP contribution in [0.5, 0.6) is 0 Å². The zero-order valence-corrected chi connectivity index (χ0v) is 11.4. The SMILES string of the molecule is CCOC(=O)c1cn(C)c(S(=O)CCC=C(F)F)n1. The van der Waals surface area contributed by atoms with E-state index in [-0.39, 0.29) is 29.6 Å². The predicted octanol–water partition coefficient (Wildman–Crippen LogP) is 1.87. The number of rotatable bonds is 6. The van der Waals surface area contributed by atoms with E-state index in [4.69, 9.17) is 4.74 Å². The lowest BCUT2D eigenvalue weighted by Gasteiger charge is -1.99. The molecule has 0 aromatic carbocycles. The molecule has 1 atom stereocenters. The first kappa shape index (κ1) is 15.5. The van der Waals surface area contributed by atoms with Gasteiger partial charge in [-0.15, -0.1) is 0 Å². The molecule has 0 aliphatic rings. The number of esters is 1. The number of hydrogen-bond acceptors (Lipinski definition) is 4. The smallest absolute Gasteiger partial charge is 0.358 e. The van der Waals surface area contributed by atoms with Crippen LogP contribution in [0.25, 0.3) is 0 Å². The zero-order valence-electron chi connectivity index (χ0n) is 10.6. The molecule has 0 saturated heterocycles. The molecule has 0 bridgehead atoms. The Morgan fingerprint density at radius 3 is 2.84 bits per heavy atom. The molecule has 19 heavy (non-hydrogen) atoms. The highest BCUT2D eigenvalue weighted by Crippen LogP contribution is 2.10. The molecule has 8 heteroatoms. The van der Waals surface area contributed by atoms with Crippen molar-refractivity contribution in [2.24, 2.45) is 7.05 Å². The van der Waals surface area contributed by atoms with E-state index in [0.29, 0.717) is 6.08 Å². The van der Waals surface area contributed by atoms with Gasteiger partial charge in [0.1, 0.15) is 0 Å². The quantitative estimate of drug-likeness (QED) is 0.751. The van der Waals surface area contributed by atoms with E-state index in [1.807, 2.05) is 0 Å².